The summed E-state index contributed by atoms with van der Waals surface area (Å²) < 4.78 is 34.5. The number of rotatable bonds is 34. The number of carbonyl (C=O) groups is 7. The highest BCUT2D eigenvalue weighted by Gasteiger charge is 2.29. The number of amides is 8. The Morgan fingerprint density at radius 1 is 0.768 bits per heavy atom. The van der Waals surface area contributed by atoms with Gasteiger partial charge < -0.3 is 71.5 Å². The lowest BCUT2D eigenvalue weighted by atomic mass is 10.0. The molecule has 28 nitrogen and oxygen atoms in total. The van der Waals surface area contributed by atoms with Gasteiger partial charge >= 0.3 is 23.8 Å². The van der Waals surface area contributed by atoms with Gasteiger partial charge in [0.25, 0.3) is 11.8 Å². The maximum Gasteiger partial charge on any atom is 0.407 e. The van der Waals surface area contributed by atoms with Gasteiger partial charge in [-0.05, 0) is 55.0 Å². The van der Waals surface area contributed by atoms with Gasteiger partial charge in [0.15, 0.2) is 11.5 Å². The molecule has 0 saturated carbocycles. The number of aromatic nitrogens is 4. The zero-order valence-corrected chi connectivity index (χ0v) is 46.8. The number of methoxy groups -OCH3 is 1. The maximum absolute atomic E-state index is 13.6. The first-order valence-electron chi connectivity index (χ1n) is 27.2. The number of nitrogens with two attached hydrogens (primary N) is 2. The van der Waals surface area contributed by atoms with Crippen LogP contribution in [0.1, 0.15) is 56.7 Å². The minimum atomic E-state index is -1.05. The van der Waals surface area contributed by atoms with Gasteiger partial charge in [-0.15, -0.1) is 0 Å². The number of nitrogen functional groups attached to an aromatic ring is 1. The fraction of sp³-hybridized carbons (Fsp3) is 0.519. The number of fused-ring (bicyclic) bond motifs is 1. The molecular formula is C54H76N14O14. The molecule has 2 aromatic carbocycles. The Kier molecular flexibility index (Phi) is 24.8. The number of ether oxygens (including phenoxy) is 6. The molecule has 6 rings (SSSR count). The number of nitrogens with zero attached hydrogens (tertiary/aromatic N) is 6. The van der Waals surface area contributed by atoms with Gasteiger partial charge in [-0.3, -0.25) is 43.2 Å². The first-order valence-corrected chi connectivity index (χ1v) is 27.2. The molecule has 2 aliphatic heterocycles. The molecule has 446 valence electrons. The first-order chi connectivity index (χ1) is 39.5. The molecule has 0 unspecified atom stereocenters. The van der Waals surface area contributed by atoms with Crippen molar-refractivity contribution in [2.24, 2.45) is 11.7 Å². The van der Waals surface area contributed by atoms with Crippen LogP contribution in [0.25, 0.3) is 11.2 Å². The van der Waals surface area contributed by atoms with Crippen LogP contribution in [-0.2, 0) is 62.6 Å². The summed E-state index contributed by atoms with van der Waals surface area (Å²) in [5.41, 5.74) is 14.5. The van der Waals surface area contributed by atoms with Crippen LogP contribution in [0.3, 0.4) is 0 Å². The molecule has 2 atom stereocenters. The summed E-state index contributed by atoms with van der Waals surface area (Å²) in [6, 6.07) is 9.93. The van der Waals surface area contributed by atoms with Crippen molar-refractivity contribution in [3.63, 3.8) is 0 Å². The zero-order valence-electron chi connectivity index (χ0n) is 46.8. The minimum absolute atomic E-state index is 0.0221. The van der Waals surface area contributed by atoms with Crippen molar-refractivity contribution in [2.75, 3.05) is 117 Å². The first kappa shape index (κ1) is 63.0. The van der Waals surface area contributed by atoms with E-state index in [1.54, 1.807) is 52.1 Å². The average Bonchev–Trinajstić information content (AvgIpc) is 3.79. The quantitative estimate of drug-likeness (QED) is 0.0234. The Morgan fingerprint density at radius 2 is 1.44 bits per heavy atom. The van der Waals surface area contributed by atoms with Crippen LogP contribution in [0.5, 0.6) is 11.8 Å². The number of carbonyl (C=O) groups excluding carboxylic acids is 7. The monoisotopic (exact) mass is 1140 g/mol. The summed E-state index contributed by atoms with van der Waals surface area (Å²) in [5, 5.41) is 13.6. The smallest absolute Gasteiger partial charge is 0.407 e. The van der Waals surface area contributed by atoms with Crippen LogP contribution in [0.15, 0.2) is 59.4 Å². The number of benzene rings is 2. The summed E-state index contributed by atoms with van der Waals surface area (Å²) in [5.74, 6) is -1.88. The molecule has 0 aliphatic carbocycles. The number of imide groups is 1. The molecule has 1 saturated heterocycles. The second-order valence-electron chi connectivity index (χ2n) is 19.5. The number of hydrogen-bond acceptors (Lipinski definition) is 19. The fourth-order valence-electron chi connectivity index (χ4n) is 8.76. The Bertz CT molecular complexity index is 2870. The molecule has 2 aliphatic rings. The second-order valence-corrected chi connectivity index (χ2v) is 19.5. The number of primary amides is 1. The molecular weight excluding hydrogens is 1070 g/mol. The molecule has 0 bridgehead atoms. The maximum atomic E-state index is 13.6. The lowest BCUT2D eigenvalue weighted by Gasteiger charge is -2.34. The molecule has 2 aromatic heterocycles. The summed E-state index contributed by atoms with van der Waals surface area (Å²) in [6.45, 7) is 12.3. The molecule has 4 heterocycles. The van der Waals surface area contributed by atoms with E-state index in [1.807, 2.05) is 18.2 Å². The van der Waals surface area contributed by atoms with E-state index in [0.29, 0.717) is 60.8 Å². The van der Waals surface area contributed by atoms with E-state index in [1.165, 1.54) is 16.7 Å². The molecule has 28 heteroatoms. The number of anilines is 2. The van der Waals surface area contributed by atoms with Crippen LogP contribution in [0, 0.1) is 5.92 Å². The highest BCUT2D eigenvalue weighted by molar-refractivity contribution is 6.12. The van der Waals surface area contributed by atoms with Crippen molar-refractivity contribution in [2.45, 2.75) is 71.8 Å². The van der Waals surface area contributed by atoms with Crippen LogP contribution >= 0.6 is 0 Å². The highest BCUT2D eigenvalue weighted by atomic mass is 16.6. The third-order valence-electron chi connectivity index (χ3n) is 13.2. The van der Waals surface area contributed by atoms with Crippen LogP contribution < -0.4 is 53.2 Å². The van der Waals surface area contributed by atoms with E-state index in [2.05, 4.69) is 51.3 Å². The normalized spacial score (nSPS) is 14.4. The highest BCUT2D eigenvalue weighted by Crippen LogP contribution is 2.25. The van der Waals surface area contributed by atoms with Crippen molar-refractivity contribution in [1.29, 1.82) is 0 Å². The van der Waals surface area contributed by atoms with Crippen LogP contribution in [0.2, 0.25) is 0 Å². The third-order valence-corrected chi connectivity index (χ3v) is 13.2. The second kappa shape index (κ2) is 32.3. The number of urea groups is 1. The fourth-order valence-corrected chi connectivity index (χ4v) is 8.76. The summed E-state index contributed by atoms with van der Waals surface area (Å²) in [6.07, 6.45) is 2.24. The van der Waals surface area contributed by atoms with Gasteiger partial charge in [0.1, 0.15) is 30.0 Å². The number of aromatic amines is 1. The molecule has 4 aromatic rings. The lowest BCUT2D eigenvalue weighted by Crippen LogP contribution is -2.54. The van der Waals surface area contributed by atoms with E-state index >= 15 is 0 Å². The van der Waals surface area contributed by atoms with E-state index in [0.717, 1.165) is 42.2 Å². The number of alkyl carbamates (subject to hydrolysis) is 1. The van der Waals surface area contributed by atoms with Crippen molar-refractivity contribution in [1.82, 2.24) is 55.5 Å². The lowest BCUT2D eigenvalue weighted by molar-refractivity contribution is -0.137. The Hall–Kier alpha value is -8.18. The standard InChI is InChI=1S/C54H76N14O14/c1-5-81-52-63-47(55)46-48(64-52)68(53(75)62-46)33-38-11-8-37(31-41(38)77-4)32-66-22-20-65(21-23-66)19-18-58-54(76)82-34-36-9-12-39(13-10-36)59-49(72)40(7-6-17-57-51(56)74)60-50(73)45(35(2)3)61-42(69)16-25-78-27-29-80-30-28-79-26-24-67-43(70)14-15-44(67)71/h8-15,31,35,40,45H,5-7,16-30,32-34H2,1-4H3,(H,58,76)(H,59,72)(H,60,73)(H,61,69)(H,62,75)(H2,55,63,64)(H3,56,57,74)/t40-,45-/m0/s1. The van der Waals surface area contributed by atoms with E-state index in [9.17, 15) is 38.4 Å². The van der Waals surface area contributed by atoms with E-state index in [4.69, 9.17) is 39.9 Å². The number of piperazine rings is 1. The summed E-state index contributed by atoms with van der Waals surface area (Å²) in [7, 11) is 1.59. The SMILES string of the molecule is CCOc1nc(N)c2[nH]c(=O)n(Cc3ccc(CN4CCN(CCNC(=O)OCc5ccc(NC(=O)[C@H](CCCNC(N)=O)NC(=O)[C@@H](NC(=O)CCOCCOCCOCCN6C(=O)C=CC6=O)C(C)C)cc5)CC4)cc3OC)c2n1. The van der Waals surface area contributed by atoms with Crippen molar-refractivity contribution < 1.29 is 62.0 Å². The predicted octanol–water partition coefficient (Wildman–Crippen LogP) is 0.579. The van der Waals surface area contributed by atoms with Crippen molar-refractivity contribution in [3.05, 3.63) is 81.8 Å². The van der Waals surface area contributed by atoms with Crippen molar-refractivity contribution >= 4 is 64.3 Å². The zero-order chi connectivity index (χ0) is 59.0. The topological polar surface area (TPSA) is 360 Å². The third kappa shape index (κ3) is 19.8. The molecule has 0 radical (unpaired) electrons. The molecule has 1 fully saturated rings. The molecule has 0 spiro atoms. The molecule has 10 N–H and O–H groups in total. The number of imidazole rings is 1. The van der Waals surface area contributed by atoms with Crippen molar-refractivity contribution in [3.8, 4) is 11.8 Å². The summed E-state index contributed by atoms with van der Waals surface area (Å²) in [4.78, 5) is 117. The summed E-state index contributed by atoms with van der Waals surface area (Å²) >= 11 is 0. The minimum Gasteiger partial charge on any atom is -0.496 e. The van der Waals surface area contributed by atoms with Crippen LogP contribution in [0.4, 0.5) is 21.1 Å². The van der Waals surface area contributed by atoms with Gasteiger partial charge in [-0.25, -0.2) is 14.4 Å². The average molecular weight is 1150 g/mol. The Balaban J connectivity index is 0.862. The molecule has 8 amide bonds. The van der Waals surface area contributed by atoms with E-state index in [-0.39, 0.29) is 114 Å². The Labute approximate surface area is 474 Å². The Morgan fingerprint density at radius 3 is 2.11 bits per heavy atom. The van der Waals surface area contributed by atoms with E-state index < -0.39 is 41.9 Å². The van der Waals surface area contributed by atoms with Gasteiger partial charge in [-0.2, -0.15) is 9.97 Å². The number of hydrogen-bond donors (Lipinski definition) is 8. The van der Waals surface area contributed by atoms with Gasteiger partial charge in [0.2, 0.25) is 17.7 Å². The van der Waals surface area contributed by atoms with Gasteiger partial charge in [-0.1, -0.05) is 38.1 Å². The van der Waals surface area contributed by atoms with Gasteiger partial charge in [0, 0.05) is 82.2 Å². The van der Waals surface area contributed by atoms with Crippen LogP contribution in [-0.4, -0.2) is 194 Å². The molecule has 82 heavy (non-hydrogen) atoms. The largest absolute Gasteiger partial charge is 0.496 e. The predicted molar refractivity (Wildman–Crippen MR) is 299 cm³/mol. The van der Waals surface area contributed by atoms with Gasteiger partial charge in [0.05, 0.1) is 66.4 Å². The number of nitrogens with one attached hydrogen (secondary N) is 6. The number of H-pyrrole nitrogens is 1.